The predicted molar refractivity (Wildman–Crippen MR) is 58.6 cm³/mol. The minimum Gasteiger partial charge on any atom is -0.394 e. The van der Waals surface area contributed by atoms with Crippen LogP contribution in [-0.2, 0) is 6.42 Å². The van der Waals surface area contributed by atoms with E-state index in [4.69, 9.17) is 0 Å². The van der Waals surface area contributed by atoms with Gasteiger partial charge in [-0.25, -0.2) is 0 Å². The summed E-state index contributed by atoms with van der Waals surface area (Å²) in [5.41, 5.74) is 3.67. The van der Waals surface area contributed by atoms with Crippen molar-refractivity contribution in [3.05, 3.63) is 29.3 Å². The third-order valence-electron chi connectivity index (χ3n) is 3.00. The zero-order chi connectivity index (χ0) is 10.2. The molecule has 1 unspecified atom stereocenters. The second-order valence-corrected chi connectivity index (χ2v) is 4.50. The van der Waals surface area contributed by atoms with Gasteiger partial charge in [-0.2, -0.15) is 0 Å². The van der Waals surface area contributed by atoms with Crippen LogP contribution in [0.5, 0.6) is 0 Å². The molecule has 0 saturated heterocycles. The van der Waals surface area contributed by atoms with E-state index < -0.39 is 0 Å². The van der Waals surface area contributed by atoms with Crippen molar-refractivity contribution < 1.29 is 5.11 Å². The van der Waals surface area contributed by atoms with Crippen molar-refractivity contribution in [3.63, 3.8) is 0 Å². The Morgan fingerprint density at radius 2 is 2.29 bits per heavy atom. The van der Waals surface area contributed by atoms with Crippen LogP contribution in [0.1, 0.15) is 24.5 Å². The number of aliphatic hydroxyl groups is 1. The second kappa shape index (κ2) is 3.28. The van der Waals surface area contributed by atoms with Gasteiger partial charge in [-0.05, 0) is 43.9 Å². The van der Waals surface area contributed by atoms with Crippen LogP contribution in [0.4, 0.5) is 5.69 Å². The molecule has 0 fully saturated rings. The number of aryl methyl sites for hydroxylation is 2. The quantitative estimate of drug-likeness (QED) is 0.712. The van der Waals surface area contributed by atoms with Crippen LogP contribution in [0.2, 0.25) is 0 Å². The molecule has 0 radical (unpaired) electrons. The van der Waals surface area contributed by atoms with E-state index in [2.05, 4.69) is 37.4 Å². The summed E-state index contributed by atoms with van der Waals surface area (Å²) in [4.78, 5) is 0. The molecule has 1 aliphatic rings. The number of aliphatic hydroxyl groups excluding tert-OH is 1. The Hall–Kier alpha value is -1.02. The fourth-order valence-corrected chi connectivity index (χ4v) is 1.94. The second-order valence-electron chi connectivity index (χ2n) is 4.50. The summed E-state index contributed by atoms with van der Waals surface area (Å²) >= 11 is 0. The Bertz CT molecular complexity index is 348. The number of hydrogen-bond donors (Lipinski definition) is 2. The largest absolute Gasteiger partial charge is 0.394 e. The van der Waals surface area contributed by atoms with E-state index >= 15 is 0 Å². The van der Waals surface area contributed by atoms with Crippen LogP contribution < -0.4 is 5.32 Å². The van der Waals surface area contributed by atoms with Gasteiger partial charge in [0.1, 0.15) is 0 Å². The first-order valence-electron chi connectivity index (χ1n) is 5.11. The Balaban J connectivity index is 2.33. The zero-order valence-electron chi connectivity index (χ0n) is 8.80. The SMILES string of the molecule is Cc1ccc2c(c1)NC(C)(CO)CC2. The maximum Gasteiger partial charge on any atom is 0.0658 e. The molecule has 1 aromatic rings. The van der Waals surface area contributed by atoms with Crippen molar-refractivity contribution in [1.82, 2.24) is 0 Å². The van der Waals surface area contributed by atoms with E-state index in [9.17, 15) is 5.11 Å². The molecule has 0 aromatic heterocycles. The van der Waals surface area contributed by atoms with Gasteiger partial charge >= 0.3 is 0 Å². The molecule has 2 nitrogen and oxygen atoms in total. The molecule has 0 saturated carbocycles. The van der Waals surface area contributed by atoms with Gasteiger partial charge in [0.2, 0.25) is 0 Å². The van der Waals surface area contributed by atoms with E-state index in [0.29, 0.717) is 0 Å². The smallest absolute Gasteiger partial charge is 0.0658 e. The Kier molecular flexibility index (Phi) is 2.23. The Morgan fingerprint density at radius 1 is 1.50 bits per heavy atom. The highest BCUT2D eigenvalue weighted by Gasteiger charge is 2.27. The van der Waals surface area contributed by atoms with E-state index in [1.54, 1.807) is 0 Å². The van der Waals surface area contributed by atoms with E-state index in [-0.39, 0.29) is 12.1 Å². The van der Waals surface area contributed by atoms with Crippen LogP contribution >= 0.6 is 0 Å². The highest BCUT2D eigenvalue weighted by molar-refractivity contribution is 5.56. The standard InChI is InChI=1S/C12H17NO/c1-9-3-4-10-5-6-12(2,8-14)13-11(10)7-9/h3-4,7,13-14H,5-6,8H2,1-2H3. The normalized spacial score (nSPS) is 25.4. The first-order chi connectivity index (χ1) is 6.63. The van der Waals surface area contributed by atoms with Crippen molar-refractivity contribution in [2.75, 3.05) is 11.9 Å². The first-order valence-corrected chi connectivity index (χ1v) is 5.11. The third-order valence-corrected chi connectivity index (χ3v) is 3.00. The van der Waals surface area contributed by atoms with Crippen molar-refractivity contribution in [2.24, 2.45) is 0 Å². The molecule has 2 rings (SSSR count). The van der Waals surface area contributed by atoms with Gasteiger partial charge in [-0.15, -0.1) is 0 Å². The molecule has 1 atom stereocenters. The van der Waals surface area contributed by atoms with Gasteiger partial charge in [0.15, 0.2) is 0 Å². The maximum atomic E-state index is 9.28. The van der Waals surface area contributed by atoms with Gasteiger partial charge in [-0.1, -0.05) is 12.1 Å². The predicted octanol–water partition coefficient (Wildman–Crippen LogP) is 2.10. The number of hydrogen-bond acceptors (Lipinski definition) is 2. The molecule has 2 N–H and O–H groups in total. The molecular weight excluding hydrogens is 174 g/mol. The Morgan fingerprint density at radius 3 is 3.00 bits per heavy atom. The van der Waals surface area contributed by atoms with Crippen molar-refractivity contribution in [1.29, 1.82) is 0 Å². The number of fused-ring (bicyclic) bond motifs is 1. The summed E-state index contributed by atoms with van der Waals surface area (Å²) in [6, 6.07) is 6.47. The van der Waals surface area contributed by atoms with Crippen LogP contribution in [0.25, 0.3) is 0 Å². The topological polar surface area (TPSA) is 32.3 Å². The fraction of sp³-hybridized carbons (Fsp3) is 0.500. The van der Waals surface area contributed by atoms with Crippen molar-refractivity contribution in [2.45, 2.75) is 32.2 Å². The molecule has 1 aliphatic heterocycles. The average Bonchev–Trinajstić information content (AvgIpc) is 2.17. The number of anilines is 1. The maximum absolute atomic E-state index is 9.28. The van der Waals surface area contributed by atoms with Gasteiger partial charge in [0, 0.05) is 5.69 Å². The highest BCUT2D eigenvalue weighted by Crippen LogP contribution is 2.30. The lowest BCUT2D eigenvalue weighted by Crippen LogP contribution is -2.42. The Labute approximate surface area is 85.0 Å². The van der Waals surface area contributed by atoms with Crippen LogP contribution in [0.3, 0.4) is 0 Å². The molecule has 0 bridgehead atoms. The van der Waals surface area contributed by atoms with Crippen LogP contribution in [0, 0.1) is 6.92 Å². The molecule has 2 heteroatoms. The molecule has 0 aliphatic carbocycles. The lowest BCUT2D eigenvalue weighted by atomic mass is 9.88. The molecule has 0 amide bonds. The summed E-state index contributed by atoms with van der Waals surface area (Å²) in [5, 5.41) is 12.7. The van der Waals surface area contributed by atoms with E-state index in [0.717, 1.165) is 12.8 Å². The third kappa shape index (κ3) is 1.62. The molecule has 1 heterocycles. The van der Waals surface area contributed by atoms with Gasteiger partial charge in [0.25, 0.3) is 0 Å². The minimum absolute atomic E-state index is 0.138. The van der Waals surface area contributed by atoms with E-state index in [1.807, 2.05) is 0 Å². The van der Waals surface area contributed by atoms with Gasteiger partial charge in [-0.3, -0.25) is 0 Å². The summed E-state index contributed by atoms with van der Waals surface area (Å²) in [6.07, 6.45) is 2.05. The summed E-state index contributed by atoms with van der Waals surface area (Å²) in [7, 11) is 0. The minimum atomic E-state index is -0.138. The van der Waals surface area contributed by atoms with Gasteiger partial charge in [0.05, 0.1) is 12.1 Å². The van der Waals surface area contributed by atoms with Gasteiger partial charge < -0.3 is 10.4 Å². The first kappa shape index (κ1) is 9.53. The molecular formula is C12H17NO. The number of nitrogens with one attached hydrogen (secondary N) is 1. The lowest BCUT2D eigenvalue weighted by molar-refractivity contribution is 0.212. The summed E-state index contributed by atoms with van der Waals surface area (Å²) in [6.45, 7) is 4.35. The number of rotatable bonds is 1. The molecule has 14 heavy (non-hydrogen) atoms. The van der Waals surface area contributed by atoms with Crippen molar-refractivity contribution in [3.8, 4) is 0 Å². The molecule has 1 aromatic carbocycles. The zero-order valence-corrected chi connectivity index (χ0v) is 8.80. The van der Waals surface area contributed by atoms with Crippen molar-refractivity contribution >= 4 is 5.69 Å². The number of benzene rings is 1. The lowest BCUT2D eigenvalue weighted by Gasteiger charge is -2.35. The summed E-state index contributed by atoms with van der Waals surface area (Å²) in [5.74, 6) is 0. The molecule has 0 spiro atoms. The molecule has 76 valence electrons. The fourth-order valence-electron chi connectivity index (χ4n) is 1.94. The average molecular weight is 191 g/mol. The summed E-state index contributed by atoms with van der Waals surface area (Å²) < 4.78 is 0. The highest BCUT2D eigenvalue weighted by atomic mass is 16.3. The van der Waals surface area contributed by atoms with E-state index in [1.165, 1.54) is 16.8 Å². The monoisotopic (exact) mass is 191 g/mol. The van der Waals surface area contributed by atoms with Crippen LogP contribution in [0.15, 0.2) is 18.2 Å². The van der Waals surface area contributed by atoms with Crippen LogP contribution in [-0.4, -0.2) is 17.3 Å².